The first-order valence-electron chi connectivity index (χ1n) is 5.25. The van der Waals surface area contributed by atoms with Crippen molar-refractivity contribution in [2.75, 3.05) is 5.88 Å². The number of aryl methyl sites for hydroxylation is 2. The second-order valence-electron chi connectivity index (χ2n) is 3.95. The van der Waals surface area contributed by atoms with E-state index < -0.39 is 0 Å². The lowest BCUT2D eigenvalue weighted by atomic mass is 10.2. The minimum absolute atomic E-state index is 0.0151. The van der Waals surface area contributed by atoms with Crippen LogP contribution in [0.25, 0.3) is 5.13 Å². The number of aromatic nitrogens is 2. The smallest absolute Gasteiger partial charge is 0.194 e. The maximum atomic E-state index is 11.7. The minimum atomic E-state index is -0.0423. The molecule has 0 aliphatic rings. The number of thiazole rings is 1. The average Bonchev–Trinajstić information content (AvgIpc) is 2.82. The van der Waals surface area contributed by atoms with Gasteiger partial charge in [0, 0.05) is 22.3 Å². The normalized spacial score (nSPS) is 10.8. The van der Waals surface area contributed by atoms with Crippen molar-refractivity contribution in [3.8, 4) is 5.13 Å². The van der Waals surface area contributed by atoms with E-state index in [1.807, 2.05) is 36.8 Å². The second-order valence-corrected chi connectivity index (χ2v) is 5.05. The maximum absolute atomic E-state index is 11.7. The number of hydrogen-bond acceptors (Lipinski definition) is 3. The van der Waals surface area contributed by atoms with Crippen molar-refractivity contribution in [3.63, 3.8) is 0 Å². The van der Waals surface area contributed by atoms with Crippen LogP contribution in [0.5, 0.6) is 0 Å². The zero-order chi connectivity index (χ0) is 12.6. The van der Waals surface area contributed by atoms with Crippen molar-refractivity contribution < 1.29 is 4.79 Å². The van der Waals surface area contributed by atoms with Crippen LogP contribution in [0.1, 0.15) is 27.4 Å². The quantitative estimate of drug-likeness (QED) is 0.632. The molecular formula is C12H13ClN2OS. The summed E-state index contributed by atoms with van der Waals surface area (Å²) in [5.74, 6) is -0.0273. The predicted octanol–water partition coefficient (Wildman–Crippen LogP) is 3.28. The van der Waals surface area contributed by atoms with Gasteiger partial charge in [-0.25, -0.2) is 4.98 Å². The number of hydrogen-bond donors (Lipinski definition) is 0. The van der Waals surface area contributed by atoms with Gasteiger partial charge in [0.05, 0.1) is 11.6 Å². The summed E-state index contributed by atoms with van der Waals surface area (Å²) in [5.41, 5.74) is 3.58. The van der Waals surface area contributed by atoms with Crippen LogP contribution in [0.4, 0.5) is 0 Å². The van der Waals surface area contributed by atoms with Crippen LogP contribution in [-0.4, -0.2) is 21.2 Å². The van der Waals surface area contributed by atoms with Gasteiger partial charge in [0.1, 0.15) is 0 Å². The predicted molar refractivity (Wildman–Crippen MR) is 70.7 cm³/mol. The van der Waals surface area contributed by atoms with Crippen LogP contribution in [-0.2, 0) is 0 Å². The lowest BCUT2D eigenvalue weighted by Gasteiger charge is -2.04. The third-order valence-electron chi connectivity index (χ3n) is 2.65. The number of ketones is 1. The molecule has 0 radical (unpaired) electrons. The topological polar surface area (TPSA) is 34.9 Å². The summed E-state index contributed by atoms with van der Waals surface area (Å²) < 4.78 is 2.00. The van der Waals surface area contributed by atoms with E-state index in [1.54, 1.807) is 11.3 Å². The van der Waals surface area contributed by atoms with E-state index in [0.29, 0.717) is 5.56 Å². The molecular weight excluding hydrogens is 256 g/mol. The van der Waals surface area contributed by atoms with E-state index >= 15 is 0 Å². The van der Waals surface area contributed by atoms with E-state index in [0.717, 1.165) is 22.2 Å². The number of carbonyl (C=O) groups excluding carboxylic acids is 1. The number of halogens is 1. The third kappa shape index (κ3) is 2.15. The summed E-state index contributed by atoms with van der Waals surface area (Å²) in [7, 11) is 0. The molecule has 2 aromatic rings. The van der Waals surface area contributed by atoms with Gasteiger partial charge >= 0.3 is 0 Å². The molecule has 0 amide bonds. The third-order valence-corrected chi connectivity index (χ3v) is 3.84. The molecule has 2 aromatic heterocycles. The molecule has 2 heterocycles. The fraction of sp³-hybridized carbons (Fsp3) is 0.333. The summed E-state index contributed by atoms with van der Waals surface area (Å²) in [6, 6.07) is 1.87. The van der Waals surface area contributed by atoms with Crippen LogP contribution in [0.3, 0.4) is 0 Å². The summed E-state index contributed by atoms with van der Waals surface area (Å²) in [6.07, 6.45) is 0. The fourth-order valence-corrected chi connectivity index (χ4v) is 2.91. The molecule has 5 heteroatoms. The Kier molecular flexibility index (Phi) is 3.35. The lowest BCUT2D eigenvalue weighted by Crippen LogP contribution is -2.04. The Labute approximate surface area is 109 Å². The molecule has 0 saturated carbocycles. The van der Waals surface area contributed by atoms with Crippen LogP contribution in [0, 0.1) is 20.8 Å². The van der Waals surface area contributed by atoms with E-state index in [1.165, 1.54) is 0 Å². The monoisotopic (exact) mass is 268 g/mol. The molecule has 0 fully saturated rings. The Bertz CT molecular complexity index is 571. The highest BCUT2D eigenvalue weighted by molar-refractivity contribution is 7.12. The highest BCUT2D eigenvalue weighted by atomic mass is 35.5. The molecule has 0 aliphatic carbocycles. The first-order valence-corrected chi connectivity index (χ1v) is 6.66. The second kappa shape index (κ2) is 4.63. The Morgan fingerprint density at radius 3 is 2.71 bits per heavy atom. The zero-order valence-corrected chi connectivity index (χ0v) is 11.5. The molecule has 3 nitrogen and oxygen atoms in total. The molecule has 0 unspecified atom stereocenters. The number of Topliss-reactive ketones (excluding diaryl/α,β-unsaturated/α-hetero) is 1. The van der Waals surface area contributed by atoms with Crippen LogP contribution in [0.2, 0.25) is 0 Å². The Morgan fingerprint density at radius 1 is 1.47 bits per heavy atom. The Balaban J connectivity index is 2.56. The first-order chi connectivity index (χ1) is 8.04. The molecule has 90 valence electrons. The SMILES string of the molecule is Cc1csc(-n2c(C)cc(C(=O)CCl)c2C)n1. The summed E-state index contributed by atoms with van der Waals surface area (Å²) >= 11 is 7.17. The minimum Gasteiger partial charge on any atom is -0.294 e. The standard InChI is InChI=1S/C12H13ClN2OS/c1-7-6-17-12(14-7)15-8(2)4-10(9(15)3)11(16)5-13/h4,6H,5H2,1-3H3. The van der Waals surface area contributed by atoms with Crippen molar-refractivity contribution >= 4 is 28.7 Å². The number of nitrogens with zero attached hydrogens (tertiary/aromatic N) is 2. The lowest BCUT2D eigenvalue weighted by molar-refractivity contribution is 0.102. The highest BCUT2D eigenvalue weighted by Crippen LogP contribution is 2.23. The van der Waals surface area contributed by atoms with Gasteiger partial charge in [-0.3, -0.25) is 9.36 Å². The summed E-state index contributed by atoms with van der Waals surface area (Å²) in [4.78, 5) is 16.1. The van der Waals surface area contributed by atoms with Crippen molar-refractivity contribution in [2.45, 2.75) is 20.8 Å². The van der Waals surface area contributed by atoms with Gasteiger partial charge < -0.3 is 0 Å². The van der Waals surface area contributed by atoms with E-state index in [2.05, 4.69) is 4.98 Å². The summed E-state index contributed by atoms with van der Waals surface area (Å²) in [5, 5.41) is 2.89. The van der Waals surface area contributed by atoms with E-state index in [9.17, 15) is 4.79 Å². The Hall–Kier alpha value is -1.13. The van der Waals surface area contributed by atoms with Crippen molar-refractivity contribution in [1.82, 2.24) is 9.55 Å². The molecule has 17 heavy (non-hydrogen) atoms. The van der Waals surface area contributed by atoms with Crippen molar-refractivity contribution in [1.29, 1.82) is 0 Å². The molecule has 0 saturated heterocycles. The molecule has 0 bridgehead atoms. The van der Waals surface area contributed by atoms with Gasteiger partial charge in [-0.05, 0) is 26.8 Å². The van der Waals surface area contributed by atoms with Crippen LogP contribution < -0.4 is 0 Å². The zero-order valence-electron chi connectivity index (χ0n) is 9.95. The van der Waals surface area contributed by atoms with Crippen LogP contribution in [0.15, 0.2) is 11.4 Å². The summed E-state index contributed by atoms with van der Waals surface area (Å²) in [6.45, 7) is 5.84. The number of rotatable bonds is 3. The largest absolute Gasteiger partial charge is 0.294 e. The van der Waals surface area contributed by atoms with Gasteiger partial charge in [-0.15, -0.1) is 22.9 Å². The van der Waals surface area contributed by atoms with Crippen molar-refractivity contribution in [3.05, 3.63) is 34.1 Å². The maximum Gasteiger partial charge on any atom is 0.194 e. The molecule has 0 aliphatic heterocycles. The molecule has 0 atom stereocenters. The van der Waals surface area contributed by atoms with Gasteiger partial charge in [0.2, 0.25) is 0 Å². The van der Waals surface area contributed by atoms with Crippen molar-refractivity contribution in [2.24, 2.45) is 0 Å². The van der Waals surface area contributed by atoms with Crippen LogP contribution >= 0.6 is 22.9 Å². The molecule has 0 aromatic carbocycles. The van der Waals surface area contributed by atoms with Gasteiger partial charge in [-0.2, -0.15) is 0 Å². The molecule has 0 spiro atoms. The van der Waals surface area contributed by atoms with Gasteiger partial charge in [0.25, 0.3) is 0 Å². The number of alkyl halides is 1. The molecule has 0 N–H and O–H groups in total. The average molecular weight is 269 g/mol. The van der Waals surface area contributed by atoms with Gasteiger partial charge in [0.15, 0.2) is 10.9 Å². The number of carbonyl (C=O) groups is 1. The van der Waals surface area contributed by atoms with E-state index in [4.69, 9.17) is 11.6 Å². The first kappa shape index (κ1) is 12.3. The van der Waals surface area contributed by atoms with Gasteiger partial charge in [-0.1, -0.05) is 0 Å². The highest BCUT2D eigenvalue weighted by Gasteiger charge is 2.17. The molecule has 2 rings (SSSR count). The van der Waals surface area contributed by atoms with E-state index in [-0.39, 0.29) is 11.7 Å². The Morgan fingerprint density at radius 2 is 2.18 bits per heavy atom. The fourth-order valence-electron chi connectivity index (χ4n) is 1.86.